The first-order chi connectivity index (χ1) is 13.9. The van der Waals surface area contributed by atoms with Crippen LogP contribution in [0.25, 0.3) is 0 Å². The maximum atomic E-state index is 13.0. The number of halogens is 3. The van der Waals surface area contributed by atoms with Gasteiger partial charge >= 0.3 is 12.2 Å². The van der Waals surface area contributed by atoms with Crippen molar-refractivity contribution in [1.29, 1.82) is 0 Å². The van der Waals surface area contributed by atoms with E-state index in [1.54, 1.807) is 29.4 Å². The molecule has 1 aromatic heterocycles. The lowest BCUT2D eigenvalue weighted by molar-refractivity contribution is -0.137. The predicted molar refractivity (Wildman–Crippen MR) is 103 cm³/mol. The van der Waals surface area contributed by atoms with Gasteiger partial charge in [-0.15, -0.1) is 0 Å². The molecule has 0 saturated heterocycles. The smallest absolute Gasteiger partial charge is 0.313 e. The van der Waals surface area contributed by atoms with Gasteiger partial charge < -0.3 is 10.2 Å². The number of amides is 2. The average Bonchev–Trinajstić information content (AvgIpc) is 2.73. The van der Waals surface area contributed by atoms with Crippen LogP contribution in [-0.2, 0) is 12.6 Å². The molecule has 0 spiro atoms. The summed E-state index contributed by atoms with van der Waals surface area (Å²) in [5.41, 5.74) is 2.48. The van der Waals surface area contributed by atoms with Crippen molar-refractivity contribution >= 4 is 11.7 Å². The Labute approximate surface area is 166 Å². The van der Waals surface area contributed by atoms with E-state index in [1.807, 2.05) is 24.3 Å². The van der Waals surface area contributed by atoms with Gasteiger partial charge in [0.15, 0.2) is 0 Å². The average molecular weight is 397 g/mol. The molecule has 0 unspecified atom stereocenters. The highest BCUT2D eigenvalue weighted by atomic mass is 19.4. The van der Waals surface area contributed by atoms with Gasteiger partial charge in [-0.05, 0) is 47.4 Å². The van der Waals surface area contributed by atoms with Gasteiger partial charge in [0.05, 0.1) is 23.5 Å². The van der Waals surface area contributed by atoms with Gasteiger partial charge in [-0.2, -0.15) is 13.2 Å². The van der Waals surface area contributed by atoms with E-state index in [-0.39, 0.29) is 6.03 Å². The fraction of sp³-hybridized carbons (Fsp3) is 0.182. The fourth-order valence-corrected chi connectivity index (χ4v) is 3.63. The molecule has 2 aromatic carbocycles. The molecule has 1 N–H and O–H groups in total. The summed E-state index contributed by atoms with van der Waals surface area (Å²) in [4.78, 5) is 18.6. The van der Waals surface area contributed by atoms with Crippen molar-refractivity contribution in [2.24, 2.45) is 0 Å². The Morgan fingerprint density at radius 3 is 2.48 bits per heavy atom. The zero-order chi connectivity index (χ0) is 20.4. The topological polar surface area (TPSA) is 45.2 Å². The number of aromatic nitrogens is 1. The zero-order valence-electron chi connectivity index (χ0n) is 15.4. The molecule has 4 nitrogen and oxygen atoms in total. The number of nitrogens with one attached hydrogen (secondary N) is 1. The van der Waals surface area contributed by atoms with E-state index < -0.39 is 17.8 Å². The Morgan fingerprint density at radius 1 is 1.03 bits per heavy atom. The molecule has 0 fully saturated rings. The van der Waals surface area contributed by atoms with E-state index in [1.165, 1.54) is 12.1 Å². The number of nitrogens with zero attached hydrogens (tertiary/aromatic N) is 2. The van der Waals surface area contributed by atoms with Crippen LogP contribution in [0.1, 0.15) is 28.3 Å². The minimum atomic E-state index is -4.40. The minimum absolute atomic E-state index is 0.322. The molecule has 2 heterocycles. The van der Waals surface area contributed by atoms with Crippen LogP contribution in [0, 0.1) is 0 Å². The van der Waals surface area contributed by atoms with E-state index in [2.05, 4.69) is 10.3 Å². The van der Waals surface area contributed by atoms with E-state index in [4.69, 9.17) is 0 Å². The molecule has 0 aliphatic carbocycles. The third-order valence-corrected chi connectivity index (χ3v) is 5.01. The van der Waals surface area contributed by atoms with Gasteiger partial charge in [0.1, 0.15) is 0 Å². The molecule has 7 heteroatoms. The van der Waals surface area contributed by atoms with Crippen LogP contribution in [0.2, 0.25) is 0 Å². The number of pyridine rings is 1. The summed E-state index contributed by atoms with van der Waals surface area (Å²) in [5, 5.41) is 2.82. The quantitative estimate of drug-likeness (QED) is 0.639. The summed E-state index contributed by atoms with van der Waals surface area (Å²) >= 11 is 0. The summed E-state index contributed by atoms with van der Waals surface area (Å²) in [5.74, 6) is 0. The van der Waals surface area contributed by atoms with Gasteiger partial charge in [0, 0.05) is 12.7 Å². The third-order valence-electron chi connectivity index (χ3n) is 5.01. The van der Waals surface area contributed by atoms with Gasteiger partial charge in [-0.3, -0.25) is 4.98 Å². The van der Waals surface area contributed by atoms with Crippen molar-refractivity contribution in [3.63, 3.8) is 0 Å². The standard InChI is InChI=1S/C22H18F3N3O/c23-22(24,25)17-9-7-16(8-10-17)20-19-6-2-1-4-15(19)11-13-28(20)21(29)27-18-5-3-12-26-14-18/h1-10,12,14,20H,11,13H2,(H,27,29)/t20-/m1/s1. The molecule has 148 valence electrons. The zero-order valence-corrected chi connectivity index (χ0v) is 15.4. The Balaban J connectivity index is 1.70. The molecule has 1 atom stereocenters. The molecule has 29 heavy (non-hydrogen) atoms. The summed E-state index contributed by atoms with van der Waals surface area (Å²) < 4.78 is 38.9. The van der Waals surface area contributed by atoms with Gasteiger partial charge in [-0.25, -0.2) is 4.79 Å². The highest BCUT2D eigenvalue weighted by Crippen LogP contribution is 2.37. The molecule has 0 radical (unpaired) electrons. The number of hydrogen-bond donors (Lipinski definition) is 1. The predicted octanol–water partition coefficient (Wildman–Crippen LogP) is 5.28. The molecular formula is C22H18F3N3O. The normalized spacial score (nSPS) is 16.2. The lowest BCUT2D eigenvalue weighted by Crippen LogP contribution is -2.43. The van der Waals surface area contributed by atoms with Crippen LogP contribution in [0.4, 0.5) is 23.7 Å². The lowest BCUT2D eigenvalue weighted by atomic mass is 9.88. The Bertz CT molecular complexity index is 1000. The number of anilines is 1. The summed E-state index contributed by atoms with van der Waals surface area (Å²) in [6.45, 7) is 0.453. The summed E-state index contributed by atoms with van der Waals surface area (Å²) in [6, 6.07) is 15.4. The van der Waals surface area contributed by atoms with Crippen molar-refractivity contribution in [2.45, 2.75) is 18.6 Å². The second kappa shape index (κ2) is 7.58. The molecule has 2 amide bonds. The number of benzene rings is 2. The number of carbonyl (C=O) groups is 1. The van der Waals surface area contributed by atoms with Gasteiger partial charge in [0.2, 0.25) is 0 Å². The summed E-state index contributed by atoms with van der Waals surface area (Å²) in [6.07, 6.45) is -0.575. The monoisotopic (exact) mass is 397 g/mol. The Hall–Kier alpha value is -3.35. The van der Waals surface area contributed by atoms with Crippen LogP contribution in [0.5, 0.6) is 0 Å². The minimum Gasteiger partial charge on any atom is -0.313 e. The van der Waals surface area contributed by atoms with Crippen molar-refractivity contribution in [3.05, 3.63) is 95.3 Å². The summed E-state index contributed by atoms with van der Waals surface area (Å²) in [7, 11) is 0. The van der Waals surface area contributed by atoms with Crippen molar-refractivity contribution in [3.8, 4) is 0 Å². The van der Waals surface area contributed by atoms with E-state index in [0.717, 1.165) is 23.3 Å². The van der Waals surface area contributed by atoms with Crippen LogP contribution in [0.3, 0.4) is 0 Å². The van der Waals surface area contributed by atoms with Crippen molar-refractivity contribution in [1.82, 2.24) is 9.88 Å². The highest BCUT2D eigenvalue weighted by molar-refractivity contribution is 5.90. The van der Waals surface area contributed by atoms with Crippen LogP contribution < -0.4 is 5.32 Å². The van der Waals surface area contributed by atoms with Crippen LogP contribution in [-0.4, -0.2) is 22.5 Å². The molecule has 3 aromatic rings. The number of fused-ring (bicyclic) bond motifs is 1. The van der Waals surface area contributed by atoms with Gasteiger partial charge in [0.25, 0.3) is 0 Å². The Kier molecular flexibility index (Phi) is 4.96. The maximum Gasteiger partial charge on any atom is 0.416 e. The molecular weight excluding hydrogens is 379 g/mol. The van der Waals surface area contributed by atoms with Crippen molar-refractivity contribution < 1.29 is 18.0 Å². The van der Waals surface area contributed by atoms with Crippen LogP contribution >= 0.6 is 0 Å². The molecule has 0 saturated carbocycles. The molecule has 0 bridgehead atoms. The van der Waals surface area contributed by atoms with Gasteiger partial charge in [-0.1, -0.05) is 36.4 Å². The SMILES string of the molecule is O=C(Nc1cccnc1)N1CCc2ccccc2[C@H]1c1ccc(C(F)(F)F)cc1. The van der Waals surface area contributed by atoms with Crippen LogP contribution in [0.15, 0.2) is 73.1 Å². The number of alkyl halides is 3. The number of carbonyl (C=O) groups excluding carboxylic acids is 1. The second-order valence-corrected chi connectivity index (χ2v) is 6.84. The van der Waals surface area contributed by atoms with E-state index in [0.29, 0.717) is 24.2 Å². The molecule has 1 aliphatic rings. The van der Waals surface area contributed by atoms with E-state index >= 15 is 0 Å². The maximum absolute atomic E-state index is 13.0. The highest BCUT2D eigenvalue weighted by Gasteiger charge is 2.34. The lowest BCUT2D eigenvalue weighted by Gasteiger charge is -2.37. The molecule has 4 rings (SSSR count). The van der Waals surface area contributed by atoms with Crippen molar-refractivity contribution in [2.75, 3.05) is 11.9 Å². The first-order valence-electron chi connectivity index (χ1n) is 9.16. The second-order valence-electron chi connectivity index (χ2n) is 6.84. The third kappa shape index (κ3) is 3.94. The molecule has 1 aliphatic heterocycles. The largest absolute Gasteiger partial charge is 0.416 e. The fourth-order valence-electron chi connectivity index (χ4n) is 3.63. The first-order valence-corrected chi connectivity index (χ1v) is 9.16. The Morgan fingerprint density at radius 2 is 1.79 bits per heavy atom. The number of urea groups is 1. The number of rotatable bonds is 2. The first kappa shape index (κ1) is 19.0. The number of hydrogen-bond acceptors (Lipinski definition) is 2. The van der Waals surface area contributed by atoms with E-state index in [9.17, 15) is 18.0 Å².